The third kappa shape index (κ3) is 47.6. The topological polar surface area (TPSA) is 535 Å². The van der Waals surface area contributed by atoms with Gasteiger partial charge in [-0.05, 0) is 119 Å². The van der Waals surface area contributed by atoms with Gasteiger partial charge in [0.1, 0.15) is 5.75 Å². The third-order valence-electron chi connectivity index (χ3n) is 14.7. The molecule has 0 aliphatic rings. The minimum atomic E-state index is -3.78. The van der Waals surface area contributed by atoms with E-state index in [1.165, 1.54) is 126 Å². The second-order valence-electron chi connectivity index (χ2n) is 23.5. The van der Waals surface area contributed by atoms with Crippen molar-refractivity contribution in [2.24, 2.45) is 0 Å². The molecule has 0 bridgehead atoms. The normalized spacial score (nSPS) is 10.2. The molecule has 10 aromatic rings. The zero-order valence-electron chi connectivity index (χ0n) is 67.4. The molecule has 31 nitrogen and oxygen atoms in total. The fraction of sp³-hybridized carbons (Fsp3) is 0.188. The number of carboxylic acid groups (broad SMARTS) is 1. The number of carbonyl (C=O) groups excluding carboxylic acids is 4. The van der Waals surface area contributed by atoms with Crippen LogP contribution < -0.4 is 76.3 Å². The Kier molecular flexibility index (Phi) is 64.5. The van der Waals surface area contributed by atoms with Crippen molar-refractivity contribution in [2.75, 3.05) is 46.5 Å². The Morgan fingerprint density at radius 3 is 1.07 bits per heavy atom. The summed E-state index contributed by atoms with van der Waals surface area (Å²) in [7, 11) is -9.98. The molecule has 0 saturated heterocycles. The number of benzene rings is 10. The molecular weight excluding hydrogens is 1810 g/mol. The summed E-state index contributed by atoms with van der Waals surface area (Å²) in [5, 5.41) is 85.3. The number of halogens is 3. The number of nitrogens with zero attached hydrogens (tertiary/aromatic N) is 4. The standard InChI is InChI=1S/C15H15NO5S.C15H13NO5S.C15H17NO3S.C15H13NO3S.C8H6BrNO3.C7H8S.CH2Cl2.CH2O3.CH2O2.CH4O.CH4.B.H3N.2Na.H/c2*1-11-5-7-14(8-6-11)22(20,21)10-15(17)12-3-2-4-13(9-12)16(18)19;1-11-5-7-14(8-6-11)20(18,19)10-15(17)12-3-2-4-13(16)9-12;1-11-5-7-14(8-6-11)20-10-15(17)12-3-2-4-13(9-12)16(18)19;9-5-8(11)6-2-1-3-7(4-6)10(12)13;1-6-2-4-7(8)5-3-6;2-1-3;2-1-4-3;2-1-3;1-2;;;;;;/h2-9,15,17H,10H2,1H3;2-9H,10H2,1H3;2-9,15,17H,10,16H2,1H3;2-9H,10H2,1H3;1-4H,5H2;2-5,8H,1H3;1H2;1,3H;1H,(H,2,3);2H,1H3;1H4;;1H3;;;/q;;;;;;;;;;;;;2*+1;-1/p-1. The Balaban J connectivity index is -0.000000327. The molecule has 3 radical (unpaired) electrons. The SMILES string of the molecule is C.CO.Cc1ccc(S(=O)(=O)CC(=O)c2cccc([N+](=O)[O-])c2)cc1.Cc1ccc(S(=O)(=O)CC(O)c2cccc(N)c2)cc1.Cc1ccc(S(=O)(=O)CC(O)c2cccc([N+](=O)[O-])c2)cc1.Cc1ccc(S)cc1.Cc1ccc(SCC(=O)c2cccc([N+](=O)[O-])c2)cc1.ClCCl.N.O=C(CBr)c1cccc([N+](=O)[O-])c1.O=CO.O=CO[O-].[B].[H-].[Na+].[Na+]. The predicted molar refractivity (Wildman–Crippen MR) is 469 cm³/mol. The van der Waals surface area contributed by atoms with Gasteiger partial charge in [0.05, 0.1) is 74.5 Å². The summed E-state index contributed by atoms with van der Waals surface area (Å²) in [6.07, 6.45) is -2.42. The van der Waals surface area contributed by atoms with Gasteiger partial charge in [0.15, 0.2) is 46.9 Å². The van der Waals surface area contributed by atoms with Crippen molar-refractivity contribution in [3.8, 4) is 0 Å². The van der Waals surface area contributed by atoms with Crippen LogP contribution in [-0.2, 0) is 44.0 Å². The predicted octanol–water partition coefficient (Wildman–Crippen LogP) is 9.09. The van der Waals surface area contributed by atoms with E-state index in [0.29, 0.717) is 22.4 Å². The number of nitro groups is 4. The van der Waals surface area contributed by atoms with Crippen LogP contribution in [0.5, 0.6) is 0 Å². The van der Waals surface area contributed by atoms with Gasteiger partial charge in [-0.1, -0.05) is 173 Å². The van der Waals surface area contributed by atoms with Crippen LogP contribution in [-0.4, -0.2) is 145 Å². The van der Waals surface area contributed by atoms with E-state index in [2.05, 4.69) is 40.4 Å². The number of carbonyl (C=O) groups is 5. The van der Waals surface area contributed by atoms with Gasteiger partial charge < -0.3 is 43.9 Å². The molecule has 122 heavy (non-hydrogen) atoms. The Morgan fingerprint density at radius 1 is 0.500 bits per heavy atom. The zero-order valence-corrected chi connectivity index (χ0v) is 77.6. The molecule has 2 atom stereocenters. The van der Waals surface area contributed by atoms with E-state index in [9.17, 15) is 90.3 Å². The molecule has 0 amide bonds. The first-order chi connectivity index (χ1) is 55.2. The number of ketones is 3. The summed E-state index contributed by atoms with van der Waals surface area (Å²) in [5.41, 5.74) is 12.3. The molecule has 0 aromatic heterocycles. The van der Waals surface area contributed by atoms with E-state index in [4.69, 9.17) is 54.0 Å². The Bertz CT molecular complexity index is 5240. The van der Waals surface area contributed by atoms with Crippen LogP contribution in [0.4, 0.5) is 28.4 Å². The fourth-order valence-corrected chi connectivity index (χ4v) is 14.1. The zero-order chi connectivity index (χ0) is 88.6. The van der Waals surface area contributed by atoms with E-state index in [1.807, 2.05) is 76.2 Å². The van der Waals surface area contributed by atoms with E-state index in [0.717, 1.165) is 39.7 Å². The van der Waals surface area contributed by atoms with Crippen molar-refractivity contribution in [3.63, 3.8) is 0 Å². The first-order valence-electron chi connectivity index (χ1n) is 33.3. The Morgan fingerprint density at radius 2 is 0.770 bits per heavy atom. The van der Waals surface area contributed by atoms with Gasteiger partial charge in [-0.15, -0.1) is 47.6 Å². The largest absolute Gasteiger partial charge is 1.00 e. The van der Waals surface area contributed by atoms with E-state index >= 15 is 0 Å². The molecule has 0 aliphatic carbocycles. The first kappa shape index (κ1) is 122. The molecule has 10 rings (SSSR count). The second kappa shape index (κ2) is 64.8. The quantitative estimate of drug-likeness (QED) is 0.00300. The number of thiol groups is 1. The van der Waals surface area contributed by atoms with Crippen LogP contribution in [0.25, 0.3) is 0 Å². The van der Waals surface area contributed by atoms with Gasteiger partial charge >= 0.3 is 59.1 Å². The van der Waals surface area contributed by atoms with Gasteiger partial charge in [-0.25, -0.2) is 25.3 Å². The summed E-state index contributed by atoms with van der Waals surface area (Å²) in [5.74, 6) is -2.30. The van der Waals surface area contributed by atoms with Crippen molar-refractivity contribution in [1.29, 1.82) is 0 Å². The van der Waals surface area contributed by atoms with Gasteiger partial charge in [0, 0.05) is 96.2 Å². The van der Waals surface area contributed by atoms with Crippen LogP contribution in [0.2, 0.25) is 0 Å². The molecular formula is C80H89BBrCl2N6Na2O25S5. The summed E-state index contributed by atoms with van der Waals surface area (Å²) in [6, 6.07) is 63.4. The number of aryl methyl sites for hydroxylation is 5. The molecule has 10 aromatic carbocycles. The summed E-state index contributed by atoms with van der Waals surface area (Å²) < 4.78 is 73.3. The van der Waals surface area contributed by atoms with E-state index < -0.39 is 78.7 Å². The summed E-state index contributed by atoms with van der Waals surface area (Å²) in [6.45, 7) is 9.19. The monoisotopic (exact) mass is 1900 g/mol. The van der Waals surface area contributed by atoms with Gasteiger partial charge in [0.2, 0.25) is 0 Å². The van der Waals surface area contributed by atoms with Crippen molar-refractivity contribution in [1.82, 2.24) is 6.15 Å². The maximum Gasteiger partial charge on any atom is 1.00 e. The number of non-ortho nitro benzene ring substituents is 4. The number of hydrogen-bond donors (Lipinski definition) is 7. The van der Waals surface area contributed by atoms with Crippen molar-refractivity contribution >= 4 is 160 Å². The maximum absolute atomic E-state index is 12.3. The molecule has 0 fully saturated rings. The summed E-state index contributed by atoms with van der Waals surface area (Å²) >= 11 is 18.1. The Hall–Kier alpha value is -8.98. The number of nitrogen functional groups attached to an aromatic ring is 1. The number of aliphatic hydroxyl groups is 3. The van der Waals surface area contributed by atoms with Crippen LogP contribution in [0, 0.1) is 75.1 Å². The first-order valence-corrected chi connectivity index (χ1v) is 41.8. The number of thioether (sulfide) groups is 1. The number of Topliss-reactive ketones (excluding diaryl/α,β-unsaturated/α-hetero) is 3. The fourth-order valence-electron chi connectivity index (χ4n) is 8.86. The second-order valence-corrected chi connectivity index (χ2v) is 32.5. The van der Waals surface area contributed by atoms with Gasteiger partial charge in [0.25, 0.3) is 35.7 Å². The summed E-state index contributed by atoms with van der Waals surface area (Å²) in [4.78, 5) is 97.4. The third-order valence-corrected chi connectivity index (χ3v) is 21.6. The number of alkyl halides is 3. The van der Waals surface area contributed by atoms with Crippen molar-refractivity contribution < 1.29 is 160 Å². The smallest absolute Gasteiger partial charge is 1.00 e. The van der Waals surface area contributed by atoms with E-state index in [1.54, 1.807) is 84.9 Å². The molecule has 645 valence electrons. The molecule has 0 spiro atoms. The average molecular weight is 1900 g/mol. The average Bonchev–Trinajstić information content (AvgIpc) is 0.833. The maximum atomic E-state index is 12.3. The minimum absolute atomic E-state index is 0. The number of hydrogen-bond acceptors (Lipinski definition) is 28. The van der Waals surface area contributed by atoms with Gasteiger partial charge in [-0.2, -0.15) is 0 Å². The number of anilines is 1. The number of nitrogens with two attached hydrogens (primary N) is 1. The molecule has 0 saturated carbocycles. The molecule has 2 unspecified atom stereocenters. The Labute approximate surface area is 782 Å². The van der Waals surface area contributed by atoms with Crippen LogP contribution in [0.3, 0.4) is 0 Å². The van der Waals surface area contributed by atoms with Crippen LogP contribution in [0.15, 0.2) is 267 Å². The van der Waals surface area contributed by atoms with Crippen molar-refractivity contribution in [2.45, 2.75) is 78.7 Å². The number of nitro benzene ring substituents is 4. The number of aliphatic hydroxyl groups excluding tert-OH is 3. The number of rotatable bonds is 23. The molecule has 0 aliphatic heterocycles. The van der Waals surface area contributed by atoms with Crippen LogP contribution in [0.1, 0.15) is 91.1 Å². The van der Waals surface area contributed by atoms with Gasteiger partial charge in [-0.3, -0.25) is 64.4 Å². The van der Waals surface area contributed by atoms with E-state index in [-0.39, 0.29) is 178 Å². The van der Waals surface area contributed by atoms with Crippen molar-refractivity contribution in [3.05, 3.63) is 339 Å². The number of sulfone groups is 3. The molecule has 0 heterocycles. The minimum Gasteiger partial charge on any atom is -1.00 e. The van der Waals surface area contributed by atoms with Crippen LogP contribution >= 0.6 is 63.5 Å². The molecule has 9 N–H and O–H groups in total. The molecule has 42 heteroatoms.